The van der Waals surface area contributed by atoms with Gasteiger partial charge in [0.05, 0.1) is 0 Å². The summed E-state index contributed by atoms with van der Waals surface area (Å²) >= 11 is 0. The molecule has 0 saturated heterocycles. The van der Waals surface area contributed by atoms with Crippen molar-refractivity contribution in [1.29, 1.82) is 0 Å². The fourth-order valence-corrected chi connectivity index (χ4v) is 2.03. The largest absolute Gasteiger partial charge is 0.456 e. The SMILES string of the molecule is Cc1ccc(-c2cccc(F)c2C(=O)OC(C)(C)C)cc1. The topological polar surface area (TPSA) is 26.3 Å². The van der Waals surface area contributed by atoms with Crippen molar-refractivity contribution in [3.8, 4) is 11.1 Å². The number of hydrogen-bond acceptors (Lipinski definition) is 2. The predicted octanol–water partition coefficient (Wildman–Crippen LogP) is 4.76. The number of benzene rings is 2. The lowest BCUT2D eigenvalue weighted by atomic mass is 9.98. The molecule has 3 heteroatoms. The van der Waals surface area contributed by atoms with Gasteiger partial charge in [-0.25, -0.2) is 9.18 Å². The molecule has 2 aromatic carbocycles. The molecular weight excluding hydrogens is 267 g/mol. The molecule has 2 rings (SSSR count). The summed E-state index contributed by atoms with van der Waals surface area (Å²) in [5.41, 5.74) is 1.76. The van der Waals surface area contributed by atoms with Crippen LogP contribution in [-0.2, 0) is 4.74 Å². The summed E-state index contributed by atoms with van der Waals surface area (Å²) in [7, 11) is 0. The summed E-state index contributed by atoms with van der Waals surface area (Å²) < 4.78 is 19.5. The molecule has 110 valence electrons. The molecule has 0 fully saturated rings. The van der Waals surface area contributed by atoms with Crippen molar-refractivity contribution in [2.75, 3.05) is 0 Å². The van der Waals surface area contributed by atoms with Crippen molar-refractivity contribution < 1.29 is 13.9 Å². The molecule has 2 nitrogen and oxygen atoms in total. The first-order valence-corrected chi connectivity index (χ1v) is 6.87. The molecule has 0 aliphatic carbocycles. The zero-order valence-electron chi connectivity index (χ0n) is 12.7. The summed E-state index contributed by atoms with van der Waals surface area (Å²) in [5, 5.41) is 0. The number of ether oxygens (including phenoxy) is 1. The number of hydrogen-bond donors (Lipinski definition) is 0. The zero-order chi connectivity index (χ0) is 15.6. The summed E-state index contributed by atoms with van der Waals surface area (Å²) in [6, 6.07) is 12.2. The molecule has 0 aliphatic rings. The molecule has 0 bridgehead atoms. The highest BCUT2D eigenvalue weighted by Gasteiger charge is 2.24. The zero-order valence-corrected chi connectivity index (χ0v) is 12.7. The minimum absolute atomic E-state index is 0.0173. The van der Waals surface area contributed by atoms with E-state index in [4.69, 9.17) is 4.74 Å². The number of rotatable bonds is 2. The van der Waals surface area contributed by atoms with Gasteiger partial charge in [0.15, 0.2) is 0 Å². The van der Waals surface area contributed by atoms with Crippen LogP contribution in [0.15, 0.2) is 42.5 Å². The van der Waals surface area contributed by atoms with Gasteiger partial charge in [0.1, 0.15) is 17.0 Å². The lowest BCUT2D eigenvalue weighted by Crippen LogP contribution is -2.25. The van der Waals surface area contributed by atoms with Gasteiger partial charge in [-0.2, -0.15) is 0 Å². The number of esters is 1. The molecule has 0 aliphatic heterocycles. The van der Waals surface area contributed by atoms with Crippen LogP contribution >= 0.6 is 0 Å². The maximum absolute atomic E-state index is 14.1. The van der Waals surface area contributed by atoms with Gasteiger partial charge < -0.3 is 4.74 Å². The summed E-state index contributed by atoms with van der Waals surface area (Å²) in [6.07, 6.45) is 0. The van der Waals surface area contributed by atoms with Gasteiger partial charge in [-0.3, -0.25) is 0 Å². The van der Waals surface area contributed by atoms with E-state index in [9.17, 15) is 9.18 Å². The molecule has 0 heterocycles. The van der Waals surface area contributed by atoms with Crippen LogP contribution in [0.4, 0.5) is 4.39 Å². The first kappa shape index (κ1) is 15.2. The van der Waals surface area contributed by atoms with Crippen LogP contribution in [-0.4, -0.2) is 11.6 Å². The average Bonchev–Trinajstić information content (AvgIpc) is 2.37. The van der Waals surface area contributed by atoms with Crippen molar-refractivity contribution >= 4 is 5.97 Å². The van der Waals surface area contributed by atoms with Crippen molar-refractivity contribution in [2.24, 2.45) is 0 Å². The Morgan fingerprint density at radius 3 is 2.24 bits per heavy atom. The molecule has 0 amide bonds. The highest BCUT2D eigenvalue weighted by atomic mass is 19.1. The van der Waals surface area contributed by atoms with Gasteiger partial charge in [0.25, 0.3) is 0 Å². The average molecular weight is 286 g/mol. The van der Waals surface area contributed by atoms with E-state index in [-0.39, 0.29) is 5.56 Å². The van der Waals surface area contributed by atoms with Crippen LogP contribution in [0.1, 0.15) is 36.7 Å². The third-order valence-corrected chi connectivity index (χ3v) is 2.98. The van der Waals surface area contributed by atoms with Crippen LogP contribution in [0.25, 0.3) is 11.1 Å². The van der Waals surface area contributed by atoms with Gasteiger partial charge in [-0.1, -0.05) is 42.0 Å². The van der Waals surface area contributed by atoms with Crippen molar-refractivity contribution in [2.45, 2.75) is 33.3 Å². The van der Waals surface area contributed by atoms with E-state index in [1.54, 1.807) is 32.9 Å². The van der Waals surface area contributed by atoms with Gasteiger partial charge in [0, 0.05) is 0 Å². The Balaban J connectivity index is 2.50. The molecule has 0 atom stereocenters. The van der Waals surface area contributed by atoms with E-state index in [1.165, 1.54) is 6.07 Å². The van der Waals surface area contributed by atoms with Crippen LogP contribution in [0, 0.1) is 12.7 Å². The molecule has 0 saturated carbocycles. The lowest BCUT2D eigenvalue weighted by molar-refractivity contribution is 0.00657. The van der Waals surface area contributed by atoms with Crippen LogP contribution in [0.3, 0.4) is 0 Å². The Morgan fingerprint density at radius 1 is 1.05 bits per heavy atom. The Bertz CT molecular complexity index is 652. The fourth-order valence-electron chi connectivity index (χ4n) is 2.03. The molecule has 0 radical (unpaired) electrons. The van der Waals surface area contributed by atoms with Gasteiger partial charge in [-0.15, -0.1) is 0 Å². The number of carbonyl (C=O) groups is 1. The van der Waals surface area contributed by atoms with E-state index >= 15 is 0 Å². The van der Waals surface area contributed by atoms with Crippen molar-refractivity contribution in [1.82, 2.24) is 0 Å². The minimum atomic E-state index is -0.663. The maximum Gasteiger partial charge on any atom is 0.342 e. The van der Waals surface area contributed by atoms with E-state index in [1.807, 2.05) is 31.2 Å². The second-order valence-corrected chi connectivity index (χ2v) is 6.03. The van der Waals surface area contributed by atoms with Crippen LogP contribution in [0.5, 0.6) is 0 Å². The summed E-state index contributed by atoms with van der Waals surface area (Å²) in [5.74, 6) is -1.21. The van der Waals surface area contributed by atoms with E-state index in [2.05, 4.69) is 0 Å². The maximum atomic E-state index is 14.1. The first-order chi connectivity index (χ1) is 9.78. The van der Waals surface area contributed by atoms with Crippen LogP contribution < -0.4 is 0 Å². The molecule has 0 spiro atoms. The Morgan fingerprint density at radius 2 is 1.67 bits per heavy atom. The molecule has 0 N–H and O–H groups in total. The van der Waals surface area contributed by atoms with Gasteiger partial charge >= 0.3 is 5.97 Å². The van der Waals surface area contributed by atoms with E-state index in [0.29, 0.717) is 5.56 Å². The standard InChI is InChI=1S/C18H19FO2/c1-12-8-10-13(11-9-12)14-6-5-7-15(19)16(14)17(20)21-18(2,3)4/h5-11H,1-4H3. The highest BCUT2D eigenvalue weighted by Crippen LogP contribution is 2.28. The fraction of sp³-hybridized carbons (Fsp3) is 0.278. The van der Waals surface area contributed by atoms with Crippen LogP contribution in [0.2, 0.25) is 0 Å². The quantitative estimate of drug-likeness (QED) is 0.744. The van der Waals surface area contributed by atoms with Gasteiger partial charge in [-0.05, 0) is 44.9 Å². The monoisotopic (exact) mass is 286 g/mol. The van der Waals surface area contributed by atoms with Gasteiger partial charge in [0.2, 0.25) is 0 Å². The molecular formula is C18H19FO2. The predicted molar refractivity (Wildman–Crippen MR) is 81.7 cm³/mol. The molecule has 2 aromatic rings. The third kappa shape index (κ3) is 3.69. The number of carbonyl (C=O) groups excluding carboxylic acids is 1. The molecule has 0 aromatic heterocycles. The first-order valence-electron chi connectivity index (χ1n) is 6.87. The minimum Gasteiger partial charge on any atom is -0.456 e. The second-order valence-electron chi connectivity index (χ2n) is 6.03. The van der Waals surface area contributed by atoms with E-state index < -0.39 is 17.4 Å². The second kappa shape index (κ2) is 5.68. The number of aryl methyl sites for hydroxylation is 1. The Labute approximate surface area is 124 Å². The number of halogens is 1. The Hall–Kier alpha value is -2.16. The highest BCUT2D eigenvalue weighted by molar-refractivity contribution is 5.97. The lowest BCUT2D eigenvalue weighted by Gasteiger charge is -2.21. The summed E-state index contributed by atoms with van der Waals surface area (Å²) in [4.78, 5) is 12.3. The molecule has 21 heavy (non-hydrogen) atoms. The third-order valence-electron chi connectivity index (χ3n) is 2.98. The Kier molecular flexibility index (Phi) is 4.12. The van der Waals surface area contributed by atoms with Crippen molar-refractivity contribution in [3.63, 3.8) is 0 Å². The van der Waals surface area contributed by atoms with E-state index in [0.717, 1.165) is 11.1 Å². The smallest absolute Gasteiger partial charge is 0.342 e. The molecule has 0 unspecified atom stereocenters. The van der Waals surface area contributed by atoms with Crippen molar-refractivity contribution in [3.05, 3.63) is 59.4 Å². The summed E-state index contributed by atoms with van der Waals surface area (Å²) in [6.45, 7) is 7.26. The normalized spacial score (nSPS) is 11.3.